The molecule has 0 unspecified atom stereocenters. The second kappa shape index (κ2) is 7.06. The van der Waals surface area contributed by atoms with E-state index in [0.29, 0.717) is 35.3 Å². The molecule has 26 heavy (non-hydrogen) atoms. The zero-order valence-corrected chi connectivity index (χ0v) is 14.6. The molecule has 6 heteroatoms. The maximum atomic E-state index is 12.7. The topological polar surface area (TPSA) is 54.5 Å². The van der Waals surface area contributed by atoms with E-state index in [1.807, 2.05) is 47.4 Å². The van der Waals surface area contributed by atoms with Crippen molar-refractivity contribution in [1.82, 2.24) is 4.98 Å². The number of anilines is 3. The van der Waals surface area contributed by atoms with Gasteiger partial charge in [0.15, 0.2) is 11.6 Å². The average Bonchev–Trinajstić information content (AvgIpc) is 2.68. The maximum Gasteiger partial charge on any atom is 0.259 e. The average molecular weight is 366 g/mol. The lowest BCUT2D eigenvalue weighted by atomic mass is 10.1. The highest BCUT2D eigenvalue weighted by Crippen LogP contribution is 2.40. The summed E-state index contributed by atoms with van der Waals surface area (Å²) in [5.41, 5.74) is 1.98. The second-order valence-electron chi connectivity index (χ2n) is 5.78. The minimum atomic E-state index is -0.220. The first-order valence-electron chi connectivity index (χ1n) is 8.24. The quantitative estimate of drug-likeness (QED) is 0.741. The first kappa shape index (κ1) is 16.4. The number of halogens is 1. The molecule has 0 radical (unpaired) electrons. The van der Waals surface area contributed by atoms with Crippen LogP contribution in [0.25, 0.3) is 0 Å². The van der Waals surface area contributed by atoms with Crippen LogP contribution in [0.5, 0.6) is 5.75 Å². The highest BCUT2D eigenvalue weighted by atomic mass is 35.5. The van der Waals surface area contributed by atoms with Gasteiger partial charge >= 0.3 is 0 Å². The van der Waals surface area contributed by atoms with Gasteiger partial charge < -0.3 is 15.0 Å². The zero-order valence-electron chi connectivity index (χ0n) is 13.9. The van der Waals surface area contributed by atoms with Crippen LogP contribution in [-0.2, 0) is 0 Å². The highest BCUT2D eigenvalue weighted by molar-refractivity contribution is 6.33. The van der Waals surface area contributed by atoms with Crippen molar-refractivity contribution >= 4 is 34.7 Å². The normalized spacial score (nSPS) is 12.9. The van der Waals surface area contributed by atoms with E-state index >= 15 is 0 Å². The number of pyridine rings is 1. The van der Waals surface area contributed by atoms with Crippen LogP contribution in [-0.4, -0.2) is 24.0 Å². The number of nitrogens with zero attached hydrogens (tertiary/aromatic N) is 2. The molecule has 1 aliphatic heterocycles. The van der Waals surface area contributed by atoms with E-state index in [2.05, 4.69) is 10.3 Å². The van der Waals surface area contributed by atoms with Gasteiger partial charge in [0.1, 0.15) is 6.61 Å². The van der Waals surface area contributed by atoms with Crippen LogP contribution in [0.3, 0.4) is 0 Å². The number of rotatable bonds is 3. The van der Waals surface area contributed by atoms with Gasteiger partial charge in [0, 0.05) is 11.9 Å². The van der Waals surface area contributed by atoms with Crippen molar-refractivity contribution in [3.63, 3.8) is 0 Å². The van der Waals surface area contributed by atoms with Gasteiger partial charge in [0.05, 0.1) is 22.8 Å². The lowest BCUT2D eigenvalue weighted by Crippen LogP contribution is -2.30. The summed E-state index contributed by atoms with van der Waals surface area (Å²) in [4.78, 5) is 19.1. The summed E-state index contributed by atoms with van der Waals surface area (Å²) in [6.07, 6.45) is 1.70. The van der Waals surface area contributed by atoms with E-state index in [4.69, 9.17) is 16.3 Å². The first-order chi connectivity index (χ1) is 12.7. The molecule has 1 aromatic heterocycles. The molecule has 2 aromatic carbocycles. The number of hydrogen-bond acceptors (Lipinski definition) is 4. The van der Waals surface area contributed by atoms with Crippen molar-refractivity contribution in [2.24, 2.45) is 0 Å². The van der Waals surface area contributed by atoms with Crippen molar-refractivity contribution in [3.8, 4) is 5.75 Å². The zero-order chi connectivity index (χ0) is 17.9. The van der Waals surface area contributed by atoms with Crippen molar-refractivity contribution in [3.05, 3.63) is 77.4 Å². The largest absolute Gasteiger partial charge is 0.489 e. The van der Waals surface area contributed by atoms with Crippen LogP contribution in [0.1, 0.15) is 10.4 Å². The number of para-hydroxylation sites is 2. The van der Waals surface area contributed by atoms with Gasteiger partial charge in [-0.25, -0.2) is 4.98 Å². The molecule has 0 spiro atoms. The first-order valence-corrected chi connectivity index (χ1v) is 8.62. The molecular formula is C20H16ClN3O2. The van der Waals surface area contributed by atoms with Gasteiger partial charge in [-0.05, 0) is 36.4 Å². The Morgan fingerprint density at radius 1 is 1.08 bits per heavy atom. The van der Waals surface area contributed by atoms with Gasteiger partial charge in [-0.3, -0.25) is 4.79 Å². The molecule has 1 amide bonds. The third-order valence-corrected chi connectivity index (χ3v) is 4.41. The summed E-state index contributed by atoms with van der Waals surface area (Å²) in [6, 6.07) is 18.4. The Morgan fingerprint density at radius 2 is 1.92 bits per heavy atom. The van der Waals surface area contributed by atoms with Crippen molar-refractivity contribution in [1.29, 1.82) is 0 Å². The number of ether oxygens (including phenoxy) is 1. The monoisotopic (exact) mass is 365 g/mol. The summed E-state index contributed by atoms with van der Waals surface area (Å²) in [7, 11) is 0. The summed E-state index contributed by atoms with van der Waals surface area (Å²) < 4.78 is 5.83. The van der Waals surface area contributed by atoms with Crippen molar-refractivity contribution in [2.45, 2.75) is 0 Å². The highest BCUT2D eigenvalue weighted by Gasteiger charge is 2.26. The van der Waals surface area contributed by atoms with Crippen LogP contribution in [0.2, 0.25) is 5.02 Å². The Balaban J connectivity index is 1.71. The summed E-state index contributed by atoms with van der Waals surface area (Å²) >= 11 is 6.31. The molecule has 1 N–H and O–H groups in total. The SMILES string of the molecule is O=C(Nc1ccccc1)c1cccc2c1OCCN2c1ncccc1Cl. The Bertz CT molecular complexity index is 947. The minimum Gasteiger partial charge on any atom is -0.489 e. The van der Waals surface area contributed by atoms with Gasteiger partial charge in [-0.2, -0.15) is 0 Å². The lowest BCUT2D eigenvalue weighted by molar-refractivity contribution is 0.102. The molecule has 3 aromatic rings. The van der Waals surface area contributed by atoms with Crippen molar-refractivity contribution < 1.29 is 9.53 Å². The molecule has 2 heterocycles. The van der Waals surface area contributed by atoms with E-state index < -0.39 is 0 Å². The van der Waals surface area contributed by atoms with Gasteiger partial charge in [0.25, 0.3) is 5.91 Å². The Morgan fingerprint density at radius 3 is 2.73 bits per heavy atom. The standard InChI is InChI=1S/C20H16ClN3O2/c21-16-9-5-11-22-19(16)24-12-13-26-18-15(8-4-10-17(18)24)20(25)23-14-6-2-1-3-7-14/h1-11H,12-13H2,(H,23,25). The van der Waals surface area contributed by atoms with Gasteiger partial charge in [0.2, 0.25) is 0 Å². The number of carbonyl (C=O) groups is 1. The maximum absolute atomic E-state index is 12.7. The van der Waals surface area contributed by atoms with Gasteiger partial charge in [-0.15, -0.1) is 0 Å². The number of carbonyl (C=O) groups excluding carboxylic acids is 1. The predicted octanol–water partition coefficient (Wildman–Crippen LogP) is 4.52. The smallest absolute Gasteiger partial charge is 0.259 e. The van der Waals surface area contributed by atoms with E-state index in [1.165, 1.54) is 0 Å². The second-order valence-corrected chi connectivity index (χ2v) is 6.19. The van der Waals surface area contributed by atoms with Crippen LogP contribution in [0.15, 0.2) is 66.9 Å². The third-order valence-electron chi connectivity index (χ3n) is 4.12. The molecule has 0 saturated carbocycles. The Hall–Kier alpha value is -3.05. The number of fused-ring (bicyclic) bond motifs is 1. The van der Waals surface area contributed by atoms with E-state index in [0.717, 1.165) is 11.4 Å². The lowest BCUT2D eigenvalue weighted by Gasteiger charge is -2.31. The predicted molar refractivity (Wildman–Crippen MR) is 103 cm³/mol. The number of benzene rings is 2. The molecule has 130 valence electrons. The summed E-state index contributed by atoms with van der Waals surface area (Å²) in [5.74, 6) is 0.968. The van der Waals surface area contributed by atoms with Crippen LogP contribution in [0.4, 0.5) is 17.2 Å². The van der Waals surface area contributed by atoms with Crippen molar-refractivity contribution in [2.75, 3.05) is 23.4 Å². The number of hydrogen-bond donors (Lipinski definition) is 1. The van der Waals surface area contributed by atoms with Crippen LogP contribution < -0.4 is 15.0 Å². The van der Waals surface area contributed by atoms with E-state index in [-0.39, 0.29) is 5.91 Å². The molecule has 0 saturated heterocycles. The van der Waals surface area contributed by atoms with Crippen LogP contribution >= 0.6 is 11.6 Å². The number of aromatic nitrogens is 1. The van der Waals surface area contributed by atoms with Crippen LogP contribution in [0, 0.1) is 0 Å². The summed E-state index contributed by atoms with van der Waals surface area (Å²) in [6.45, 7) is 1.04. The number of nitrogens with one attached hydrogen (secondary N) is 1. The fourth-order valence-electron chi connectivity index (χ4n) is 2.94. The Labute approximate surface area is 156 Å². The van der Waals surface area contributed by atoms with E-state index in [9.17, 15) is 4.79 Å². The minimum absolute atomic E-state index is 0.220. The molecule has 0 atom stereocenters. The van der Waals surface area contributed by atoms with E-state index in [1.54, 1.807) is 24.4 Å². The molecule has 0 bridgehead atoms. The fraction of sp³-hybridized carbons (Fsp3) is 0.100. The number of amides is 1. The fourth-order valence-corrected chi connectivity index (χ4v) is 3.17. The molecular weight excluding hydrogens is 350 g/mol. The van der Waals surface area contributed by atoms with Gasteiger partial charge in [-0.1, -0.05) is 35.9 Å². The third kappa shape index (κ3) is 3.09. The molecule has 0 aliphatic carbocycles. The summed E-state index contributed by atoms with van der Waals surface area (Å²) in [5, 5.41) is 3.45. The molecule has 1 aliphatic rings. The molecule has 4 rings (SSSR count). The molecule has 0 fully saturated rings. The Kier molecular flexibility index (Phi) is 4.46. The molecule has 5 nitrogen and oxygen atoms in total.